The topological polar surface area (TPSA) is 96.6 Å². The van der Waals surface area contributed by atoms with Gasteiger partial charge in [0.25, 0.3) is 0 Å². The molecule has 172 valence electrons. The highest BCUT2D eigenvalue weighted by Gasteiger charge is 2.19. The maximum Gasteiger partial charge on any atom is 0.488 e. The zero-order valence-electron chi connectivity index (χ0n) is 18.6. The molecule has 0 saturated heterocycles. The van der Waals surface area contributed by atoms with Gasteiger partial charge in [0.1, 0.15) is 17.6 Å². The van der Waals surface area contributed by atoms with Crippen LogP contribution in [0.1, 0.15) is 18.6 Å². The molecule has 9 heteroatoms. The predicted octanol–water partition coefficient (Wildman–Crippen LogP) is 4.40. The van der Waals surface area contributed by atoms with Crippen molar-refractivity contribution in [3.63, 3.8) is 0 Å². The molecule has 0 aliphatic heterocycles. The lowest BCUT2D eigenvalue weighted by Gasteiger charge is -2.16. The molecule has 0 aliphatic rings. The molecule has 0 radical (unpaired) electrons. The van der Waals surface area contributed by atoms with Crippen molar-refractivity contribution in [2.75, 3.05) is 5.32 Å². The number of amides is 1. The first-order chi connectivity index (χ1) is 16.3. The van der Waals surface area contributed by atoms with E-state index in [4.69, 9.17) is 16.3 Å². The quantitative estimate of drug-likeness (QED) is 0.359. The van der Waals surface area contributed by atoms with Crippen LogP contribution in [0.15, 0.2) is 79.1 Å². The van der Waals surface area contributed by atoms with Gasteiger partial charge in [-0.1, -0.05) is 78.3 Å². The summed E-state index contributed by atoms with van der Waals surface area (Å²) in [6, 6.07) is 21.9. The van der Waals surface area contributed by atoms with E-state index in [0.29, 0.717) is 22.0 Å². The number of ether oxygens (including phenoxy) is 1. The minimum absolute atomic E-state index is 0.431. The van der Waals surface area contributed by atoms with Crippen LogP contribution < -0.4 is 10.8 Å². The lowest BCUT2D eigenvalue weighted by Crippen LogP contribution is -2.29. The maximum atomic E-state index is 12.6. The summed E-state index contributed by atoms with van der Waals surface area (Å²) >= 11 is 6.21. The van der Waals surface area contributed by atoms with Crippen molar-refractivity contribution in [1.82, 2.24) is 9.55 Å². The molecule has 1 amide bonds. The zero-order chi connectivity index (χ0) is 24.2. The van der Waals surface area contributed by atoms with Crippen molar-refractivity contribution in [2.45, 2.75) is 13.0 Å². The Balaban J connectivity index is 1.50. The Morgan fingerprint density at radius 3 is 2.21 bits per heavy atom. The monoisotopic (exact) mass is 475 g/mol. The number of nitrogens with zero attached hydrogens (tertiary/aromatic N) is 2. The first-order valence-electron chi connectivity index (χ1n) is 10.6. The molecular weight excluding hydrogens is 453 g/mol. The molecule has 3 N–H and O–H groups in total. The summed E-state index contributed by atoms with van der Waals surface area (Å²) in [6.45, 7) is 1.76. The zero-order valence-corrected chi connectivity index (χ0v) is 19.4. The van der Waals surface area contributed by atoms with E-state index >= 15 is 0 Å². The number of benzene rings is 3. The van der Waals surface area contributed by atoms with Gasteiger partial charge in [0, 0.05) is 23.2 Å². The number of hydrogen-bond acceptors (Lipinski definition) is 5. The van der Waals surface area contributed by atoms with Crippen molar-refractivity contribution < 1.29 is 19.6 Å². The second-order valence-corrected chi connectivity index (χ2v) is 8.23. The molecule has 3 aromatic carbocycles. The van der Waals surface area contributed by atoms with E-state index in [-0.39, 0.29) is 0 Å². The molecule has 4 aromatic rings. The van der Waals surface area contributed by atoms with Crippen LogP contribution in [0, 0.1) is 0 Å². The molecule has 4 rings (SSSR count). The van der Waals surface area contributed by atoms with Gasteiger partial charge < -0.3 is 19.4 Å². The van der Waals surface area contributed by atoms with Crippen molar-refractivity contribution in [1.29, 1.82) is 0 Å². The predicted molar refractivity (Wildman–Crippen MR) is 134 cm³/mol. The third-order valence-corrected chi connectivity index (χ3v) is 5.83. The third kappa shape index (κ3) is 5.15. The number of rotatable bonds is 6. The summed E-state index contributed by atoms with van der Waals surface area (Å²) in [5.74, 6) is 0.505. The van der Waals surface area contributed by atoms with Gasteiger partial charge in [-0.3, -0.25) is 5.32 Å². The average molecular weight is 476 g/mol. The van der Waals surface area contributed by atoms with Gasteiger partial charge >= 0.3 is 13.2 Å². The summed E-state index contributed by atoms with van der Waals surface area (Å²) in [4.78, 5) is 17.0. The number of aryl methyl sites for hydroxylation is 1. The highest BCUT2D eigenvalue weighted by Crippen LogP contribution is 2.30. The molecule has 0 aliphatic carbocycles. The van der Waals surface area contributed by atoms with Gasteiger partial charge in [0.05, 0.1) is 6.33 Å². The summed E-state index contributed by atoms with van der Waals surface area (Å²) in [5.41, 5.74) is 4.48. The van der Waals surface area contributed by atoms with Crippen molar-refractivity contribution in [3.05, 3.63) is 89.7 Å². The molecule has 7 nitrogen and oxygen atoms in total. The van der Waals surface area contributed by atoms with E-state index in [2.05, 4.69) is 10.3 Å². The van der Waals surface area contributed by atoms with Crippen LogP contribution in [0.4, 0.5) is 10.6 Å². The SMILES string of the molecule is C[C@@H](OC(=O)Nc1c(-c2ccc(-c3ccc(B(O)O)cc3)cc2)ncn1C)c1ccccc1Cl. The number of anilines is 1. The first-order valence-corrected chi connectivity index (χ1v) is 11.0. The molecule has 1 heterocycles. The molecule has 1 aromatic heterocycles. The van der Waals surface area contributed by atoms with Gasteiger partial charge in [0.2, 0.25) is 0 Å². The molecule has 0 unspecified atom stereocenters. The van der Waals surface area contributed by atoms with Crippen LogP contribution in [-0.2, 0) is 11.8 Å². The Morgan fingerprint density at radius 2 is 1.59 bits per heavy atom. The third-order valence-electron chi connectivity index (χ3n) is 5.49. The van der Waals surface area contributed by atoms with Gasteiger partial charge in [-0.25, -0.2) is 9.78 Å². The number of imidazole rings is 1. The molecule has 1 atom stereocenters. The van der Waals surface area contributed by atoms with Crippen LogP contribution >= 0.6 is 11.6 Å². The molecule has 0 spiro atoms. The van der Waals surface area contributed by atoms with Crippen molar-refractivity contribution >= 4 is 36.1 Å². The van der Waals surface area contributed by atoms with Crippen LogP contribution in [0.5, 0.6) is 0 Å². The Labute approximate surface area is 202 Å². The molecule has 0 saturated carbocycles. The number of nitrogens with one attached hydrogen (secondary N) is 1. The van der Waals surface area contributed by atoms with Crippen molar-refractivity contribution in [3.8, 4) is 22.4 Å². The van der Waals surface area contributed by atoms with E-state index in [1.54, 1.807) is 43.1 Å². The smallest absolute Gasteiger partial charge is 0.441 e. The lowest BCUT2D eigenvalue weighted by molar-refractivity contribution is 0.121. The fraction of sp³-hybridized carbons (Fsp3) is 0.120. The number of carbonyl (C=O) groups excluding carboxylic acids is 1. The van der Waals surface area contributed by atoms with Crippen LogP contribution in [0.3, 0.4) is 0 Å². The highest BCUT2D eigenvalue weighted by atomic mass is 35.5. The Morgan fingerprint density at radius 1 is 1.00 bits per heavy atom. The second-order valence-electron chi connectivity index (χ2n) is 7.82. The average Bonchev–Trinajstić information content (AvgIpc) is 3.19. The number of carbonyl (C=O) groups is 1. The van der Waals surface area contributed by atoms with Crippen LogP contribution in [0.2, 0.25) is 5.02 Å². The fourth-order valence-electron chi connectivity index (χ4n) is 3.61. The van der Waals surface area contributed by atoms with E-state index in [0.717, 1.165) is 22.3 Å². The standard InChI is InChI=1S/C25H23BClN3O4/c1-16(21-5-3-4-6-22(21)27)34-25(31)29-24-23(28-15-30(24)2)19-9-7-17(8-10-19)18-11-13-20(14-12-18)26(32)33/h3-16,32-33H,1-2H3,(H,29,31)/t16-/m1/s1. The summed E-state index contributed by atoms with van der Waals surface area (Å²) in [5, 5.41) is 21.8. The fourth-order valence-corrected chi connectivity index (χ4v) is 3.90. The van der Waals surface area contributed by atoms with Gasteiger partial charge in [0.15, 0.2) is 0 Å². The van der Waals surface area contributed by atoms with E-state index in [1.165, 1.54) is 0 Å². The van der Waals surface area contributed by atoms with Crippen LogP contribution in [-0.4, -0.2) is 32.8 Å². The highest BCUT2D eigenvalue weighted by molar-refractivity contribution is 6.58. The lowest BCUT2D eigenvalue weighted by atomic mass is 9.80. The maximum absolute atomic E-state index is 12.6. The van der Waals surface area contributed by atoms with E-state index < -0.39 is 19.3 Å². The molecule has 0 fully saturated rings. The second kappa shape index (κ2) is 10.1. The molecular formula is C25H23BClN3O4. The van der Waals surface area contributed by atoms with E-state index in [1.807, 2.05) is 54.6 Å². The Hall–Kier alpha value is -3.59. The largest absolute Gasteiger partial charge is 0.488 e. The Kier molecular flexibility index (Phi) is 7.02. The summed E-state index contributed by atoms with van der Waals surface area (Å²) in [7, 11) is 0.292. The Bertz CT molecular complexity index is 1290. The van der Waals surface area contributed by atoms with E-state index in [9.17, 15) is 14.8 Å². The normalized spacial score (nSPS) is 11.7. The van der Waals surface area contributed by atoms with Crippen LogP contribution in [0.25, 0.3) is 22.4 Å². The van der Waals surface area contributed by atoms with Gasteiger partial charge in [-0.2, -0.15) is 0 Å². The van der Waals surface area contributed by atoms with Crippen molar-refractivity contribution in [2.24, 2.45) is 7.05 Å². The minimum Gasteiger partial charge on any atom is -0.441 e. The van der Waals surface area contributed by atoms with Gasteiger partial charge in [-0.05, 0) is 29.6 Å². The number of halogens is 1. The number of aromatic nitrogens is 2. The molecule has 0 bridgehead atoms. The van der Waals surface area contributed by atoms with Gasteiger partial charge in [-0.15, -0.1) is 0 Å². The summed E-state index contributed by atoms with van der Waals surface area (Å²) in [6.07, 6.45) is 0.484. The first kappa shape index (κ1) is 23.6. The number of hydrogen-bond donors (Lipinski definition) is 3. The summed E-state index contributed by atoms with van der Waals surface area (Å²) < 4.78 is 7.24. The minimum atomic E-state index is -1.49. The molecule has 34 heavy (non-hydrogen) atoms.